The number of carbonyl (C=O) groups excluding carboxylic acids is 1. The van der Waals surface area contributed by atoms with Crippen molar-refractivity contribution in [3.63, 3.8) is 0 Å². The Morgan fingerprint density at radius 3 is 2.05 bits per heavy atom. The van der Waals surface area contributed by atoms with Gasteiger partial charge >= 0.3 is 6.03 Å². The number of nitrogens with two attached hydrogens (primary N) is 1. The fourth-order valence-corrected chi connectivity index (χ4v) is 2.21. The zero-order chi connectivity index (χ0) is 14.8. The first-order valence-corrected chi connectivity index (χ1v) is 6.74. The molecule has 2 N–H and O–H groups in total. The third kappa shape index (κ3) is 3.98. The Morgan fingerprint density at radius 2 is 1.68 bits per heavy atom. The third-order valence-electron chi connectivity index (χ3n) is 3.64. The first-order valence-electron chi connectivity index (χ1n) is 6.74. The van der Waals surface area contributed by atoms with E-state index in [2.05, 4.69) is 46.8 Å². The molecule has 0 bridgehead atoms. The number of urea groups is 1. The highest BCUT2D eigenvalue weighted by molar-refractivity contribution is 5.71. The lowest BCUT2D eigenvalue weighted by atomic mass is 9.83. The number of amides is 2. The van der Waals surface area contributed by atoms with Crippen molar-refractivity contribution in [2.24, 2.45) is 5.73 Å². The van der Waals surface area contributed by atoms with Crippen LogP contribution in [-0.4, -0.2) is 24.5 Å². The predicted molar refractivity (Wildman–Crippen MR) is 80.5 cm³/mol. The molecule has 0 heterocycles. The van der Waals surface area contributed by atoms with Gasteiger partial charge in [0, 0.05) is 13.6 Å². The van der Waals surface area contributed by atoms with Crippen molar-refractivity contribution in [1.82, 2.24) is 4.90 Å². The van der Waals surface area contributed by atoms with Crippen LogP contribution in [0.25, 0.3) is 0 Å². The SMILES string of the molecule is Cc1cc(C(C)(C)C)cc(C)c1CCN(C)C(N)=O. The van der Waals surface area contributed by atoms with Crippen LogP contribution in [0, 0.1) is 13.8 Å². The van der Waals surface area contributed by atoms with Crippen LogP contribution in [0.1, 0.15) is 43.0 Å². The molecule has 0 spiro atoms. The van der Waals surface area contributed by atoms with Crippen molar-refractivity contribution in [3.05, 3.63) is 34.4 Å². The number of benzene rings is 1. The van der Waals surface area contributed by atoms with Crippen molar-refractivity contribution in [2.45, 2.75) is 46.5 Å². The zero-order valence-corrected chi connectivity index (χ0v) is 13.0. The molecule has 0 unspecified atom stereocenters. The quantitative estimate of drug-likeness (QED) is 0.893. The zero-order valence-electron chi connectivity index (χ0n) is 13.0. The lowest BCUT2D eigenvalue weighted by molar-refractivity contribution is 0.219. The second-order valence-electron chi connectivity index (χ2n) is 6.35. The molecule has 0 aliphatic carbocycles. The lowest BCUT2D eigenvalue weighted by Crippen LogP contribution is -2.33. The maximum atomic E-state index is 11.0. The van der Waals surface area contributed by atoms with Crippen LogP contribution in [0.15, 0.2) is 12.1 Å². The Labute approximate surface area is 116 Å². The largest absolute Gasteiger partial charge is 0.351 e. The summed E-state index contributed by atoms with van der Waals surface area (Å²) in [5, 5.41) is 0. The van der Waals surface area contributed by atoms with Crippen LogP contribution >= 0.6 is 0 Å². The lowest BCUT2D eigenvalue weighted by Gasteiger charge is -2.23. The Bertz CT molecular complexity index is 449. The molecule has 1 rings (SSSR count). The third-order valence-corrected chi connectivity index (χ3v) is 3.64. The summed E-state index contributed by atoms with van der Waals surface area (Å²) >= 11 is 0. The number of rotatable bonds is 3. The number of nitrogens with zero attached hydrogens (tertiary/aromatic N) is 1. The van der Waals surface area contributed by atoms with Crippen LogP contribution in [0.5, 0.6) is 0 Å². The molecule has 3 nitrogen and oxygen atoms in total. The van der Waals surface area contributed by atoms with Gasteiger partial charge in [-0.2, -0.15) is 0 Å². The Hall–Kier alpha value is -1.51. The van der Waals surface area contributed by atoms with Gasteiger partial charge < -0.3 is 10.6 Å². The minimum absolute atomic E-state index is 0.165. The standard InChI is InChI=1S/C16H26N2O/c1-11-9-13(16(3,4)5)10-12(2)14(11)7-8-18(6)15(17)19/h9-10H,7-8H2,1-6H3,(H2,17,19). The highest BCUT2D eigenvalue weighted by atomic mass is 16.2. The summed E-state index contributed by atoms with van der Waals surface area (Å²) in [4.78, 5) is 12.6. The molecule has 0 aliphatic heterocycles. The first kappa shape index (κ1) is 15.5. The molecule has 0 saturated heterocycles. The van der Waals surface area contributed by atoms with E-state index >= 15 is 0 Å². The summed E-state index contributed by atoms with van der Waals surface area (Å²) in [5.74, 6) is 0. The molecular weight excluding hydrogens is 236 g/mol. The smallest absolute Gasteiger partial charge is 0.314 e. The van der Waals surface area contributed by atoms with E-state index < -0.39 is 0 Å². The Balaban J connectivity index is 2.95. The molecule has 0 saturated carbocycles. The minimum atomic E-state index is -0.374. The van der Waals surface area contributed by atoms with E-state index in [1.54, 1.807) is 11.9 Å². The molecule has 0 aromatic heterocycles. The van der Waals surface area contributed by atoms with E-state index in [-0.39, 0.29) is 11.4 Å². The highest BCUT2D eigenvalue weighted by Gasteiger charge is 2.16. The van der Waals surface area contributed by atoms with Crippen LogP contribution in [0.3, 0.4) is 0 Å². The minimum Gasteiger partial charge on any atom is -0.351 e. The van der Waals surface area contributed by atoms with Gasteiger partial charge in [-0.25, -0.2) is 4.79 Å². The van der Waals surface area contributed by atoms with Crippen molar-refractivity contribution in [2.75, 3.05) is 13.6 Å². The second-order valence-corrected chi connectivity index (χ2v) is 6.35. The van der Waals surface area contributed by atoms with Crippen LogP contribution in [-0.2, 0) is 11.8 Å². The van der Waals surface area contributed by atoms with Gasteiger partial charge in [-0.1, -0.05) is 32.9 Å². The van der Waals surface area contributed by atoms with Gasteiger partial charge in [0.25, 0.3) is 0 Å². The van der Waals surface area contributed by atoms with Gasteiger partial charge in [-0.15, -0.1) is 0 Å². The van der Waals surface area contributed by atoms with Gasteiger partial charge in [0.05, 0.1) is 0 Å². The maximum Gasteiger partial charge on any atom is 0.314 e. The molecule has 1 aromatic rings. The number of carbonyl (C=O) groups is 1. The molecule has 1 aromatic carbocycles. The summed E-state index contributed by atoms with van der Waals surface area (Å²) in [7, 11) is 1.73. The second kappa shape index (κ2) is 5.64. The van der Waals surface area contributed by atoms with E-state index in [0.717, 1.165) is 6.42 Å². The molecule has 19 heavy (non-hydrogen) atoms. The van der Waals surface area contributed by atoms with Crippen LogP contribution in [0.2, 0.25) is 0 Å². The van der Waals surface area contributed by atoms with Gasteiger partial charge in [0.2, 0.25) is 0 Å². The monoisotopic (exact) mass is 262 g/mol. The van der Waals surface area contributed by atoms with Gasteiger partial charge in [0.1, 0.15) is 0 Å². The van der Waals surface area contributed by atoms with Crippen molar-refractivity contribution in [1.29, 1.82) is 0 Å². The summed E-state index contributed by atoms with van der Waals surface area (Å²) in [6.07, 6.45) is 0.849. The fourth-order valence-electron chi connectivity index (χ4n) is 2.21. The Kier molecular flexibility index (Phi) is 4.61. The van der Waals surface area contributed by atoms with Crippen LogP contribution < -0.4 is 5.73 Å². The number of hydrogen-bond donors (Lipinski definition) is 1. The highest BCUT2D eigenvalue weighted by Crippen LogP contribution is 2.27. The maximum absolute atomic E-state index is 11.0. The molecular formula is C16H26N2O. The van der Waals surface area contributed by atoms with Gasteiger partial charge in [0.15, 0.2) is 0 Å². The summed E-state index contributed by atoms with van der Waals surface area (Å²) in [6, 6.07) is 4.14. The van der Waals surface area contributed by atoms with Gasteiger partial charge in [-0.05, 0) is 47.9 Å². The molecule has 2 amide bonds. The number of likely N-dealkylation sites (N-methyl/N-ethyl adjacent to an activating group) is 1. The average molecular weight is 262 g/mol. The Morgan fingerprint density at radius 1 is 1.21 bits per heavy atom. The molecule has 106 valence electrons. The molecule has 0 fully saturated rings. The summed E-state index contributed by atoms with van der Waals surface area (Å²) in [6.45, 7) is 11.6. The predicted octanol–water partition coefficient (Wildman–Crippen LogP) is 3.15. The molecule has 3 heteroatoms. The number of aryl methyl sites for hydroxylation is 2. The van der Waals surface area contributed by atoms with E-state index in [1.807, 2.05) is 0 Å². The topological polar surface area (TPSA) is 46.3 Å². The molecule has 0 radical (unpaired) electrons. The summed E-state index contributed by atoms with van der Waals surface area (Å²) in [5.41, 5.74) is 10.7. The van der Waals surface area contributed by atoms with E-state index in [9.17, 15) is 4.79 Å². The van der Waals surface area contributed by atoms with Crippen LogP contribution in [0.4, 0.5) is 4.79 Å². The molecule has 0 atom stereocenters. The fraction of sp³-hybridized carbons (Fsp3) is 0.562. The van der Waals surface area contributed by atoms with Gasteiger partial charge in [-0.3, -0.25) is 0 Å². The average Bonchev–Trinajstić information content (AvgIpc) is 2.25. The van der Waals surface area contributed by atoms with Crippen molar-refractivity contribution in [3.8, 4) is 0 Å². The normalized spacial score (nSPS) is 11.5. The van der Waals surface area contributed by atoms with E-state index in [0.29, 0.717) is 6.54 Å². The van der Waals surface area contributed by atoms with E-state index in [1.165, 1.54) is 22.3 Å². The van der Waals surface area contributed by atoms with Crippen molar-refractivity contribution < 1.29 is 4.79 Å². The molecule has 0 aliphatic rings. The van der Waals surface area contributed by atoms with Crippen molar-refractivity contribution >= 4 is 6.03 Å². The number of hydrogen-bond acceptors (Lipinski definition) is 1. The number of primary amides is 1. The summed E-state index contributed by atoms with van der Waals surface area (Å²) < 4.78 is 0. The van der Waals surface area contributed by atoms with E-state index in [4.69, 9.17) is 5.73 Å². The first-order chi connectivity index (χ1) is 8.62.